The fraction of sp³-hybridized carbons (Fsp3) is 0.786. The van der Waals surface area contributed by atoms with Crippen molar-refractivity contribution in [2.24, 2.45) is 0 Å². The number of imidazole rings is 1. The van der Waals surface area contributed by atoms with Gasteiger partial charge in [-0.15, -0.1) is 0 Å². The molecular formula is C14H24N4. The molecule has 1 saturated carbocycles. The summed E-state index contributed by atoms with van der Waals surface area (Å²) in [6, 6.07) is 1.93. The quantitative estimate of drug-likeness (QED) is 0.888. The molecule has 4 heteroatoms. The maximum absolute atomic E-state index is 4.61. The van der Waals surface area contributed by atoms with Gasteiger partial charge in [-0.05, 0) is 40.0 Å². The van der Waals surface area contributed by atoms with Gasteiger partial charge in [0.25, 0.3) is 0 Å². The molecule has 0 radical (unpaired) electrons. The first-order valence-electron chi connectivity index (χ1n) is 7.19. The van der Waals surface area contributed by atoms with Crippen molar-refractivity contribution < 1.29 is 0 Å². The molecule has 1 aromatic rings. The molecule has 1 unspecified atom stereocenters. The van der Waals surface area contributed by atoms with Crippen molar-refractivity contribution in [2.75, 3.05) is 18.4 Å². The molecule has 0 amide bonds. The van der Waals surface area contributed by atoms with E-state index in [1.165, 1.54) is 32.4 Å². The van der Waals surface area contributed by atoms with E-state index < -0.39 is 0 Å². The summed E-state index contributed by atoms with van der Waals surface area (Å²) in [6.45, 7) is 8.87. The Hall–Kier alpha value is -1.03. The minimum atomic E-state index is 0.437. The molecule has 1 aromatic heterocycles. The van der Waals surface area contributed by atoms with Crippen molar-refractivity contribution >= 4 is 5.95 Å². The van der Waals surface area contributed by atoms with Crippen molar-refractivity contribution in [3.05, 3.63) is 11.9 Å². The average molecular weight is 248 g/mol. The molecule has 2 heterocycles. The number of hydrogen-bond donors (Lipinski definition) is 1. The van der Waals surface area contributed by atoms with Gasteiger partial charge in [0.15, 0.2) is 0 Å². The highest BCUT2D eigenvalue weighted by Gasteiger charge is 2.35. The number of rotatable bonds is 4. The third-order valence-corrected chi connectivity index (χ3v) is 3.92. The van der Waals surface area contributed by atoms with E-state index in [0.29, 0.717) is 12.1 Å². The second-order valence-corrected chi connectivity index (χ2v) is 6.08. The Labute approximate surface area is 109 Å². The van der Waals surface area contributed by atoms with Crippen LogP contribution in [0.4, 0.5) is 5.95 Å². The first kappa shape index (κ1) is 12.0. The molecule has 2 aliphatic rings. The zero-order valence-corrected chi connectivity index (χ0v) is 11.7. The molecule has 0 bridgehead atoms. The van der Waals surface area contributed by atoms with Crippen LogP contribution in [0, 0.1) is 6.92 Å². The van der Waals surface area contributed by atoms with Crippen LogP contribution in [-0.2, 0) is 0 Å². The van der Waals surface area contributed by atoms with Crippen LogP contribution in [0.5, 0.6) is 0 Å². The Bertz CT molecular complexity index is 419. The Morgan fingerprint density at radius 2 is 2.06 bits per heavy atom. The lowest BCUT2D eigenvalue weighted by atomic mass is 10.2. The molecule has 1 N–H and O–H groups in total. The van der Waals surface area contributed by atoms with Crippen LogP contribution in [0.2, 0.25) is 0 Å². The molecule has 3 rings (SSSR count). The Morgan fingerprint density at radius 1 is 1.28 bits per heavy atom. The maximum Gasteiger partial charge on any atom is 0.203 e. The van der Waals surface area contributed by atoms with Crippen molar-refractivity contribution in [3.63, 3.8) is 0 Å². The van der Waals surface area contributed by atoms with E-state index in [4.69, 9.17) is 0 Å². The summed E-state index contributed by atoms with van der Waals surface area (Å²) in [6.07, 6.45) is 6.28. The second kappa shape index (κ2) is 4.57. The molecule has 1 aliphatic heterocycles. The summed E-state index contributed by atoms with van der Waals surface area (Å²) in [5.74, 6) is 1.05. The Kier molecular flexibility index (Phi) is 3.06. The molecule has 0 aromatic carbocycles. The SMILES string of the molecule is Cc1cn(C2CCN(C3CC3)C2)c(NC(C)C)n1. The van der Waals surface area contributed by atoms with Crippen LogP contribution in [0.25, 0.3) is 0 Å². The van der Waals surface area contributed by atoms with Gasteiger partial charge in [-0.2, -0.15) is 0 Å². The number of nitrogens with zero attached hydrogens (tertiary/aromatic N) is 3. The minimum absolute atomic E-state index is 0.437. The smallest absolute Gasteiger partial charge is 0.203 e. The summed E-state index contributed by atoms with van der Waals surface area (Å²) in [5.41, 5.74) is 1.11. The molecule has 100 valence electrons. The lowest BCUT2D eigenvalue weighted by molar-refractivity contribution is 0.314. The molecule has 1 saturated heterocycles. The fourth-order valence-corrected chi connectivity index (χ4v) is 2.93. The van der Waals surface area contributed by atoms with Crippen LogP contribution in [0.3, 0.4) is 0 Å². The van der Waals surface area contributed by atoms with Crippen LogP contribution in [0.1, 0.15) is 44.8 Å². The van der Waals surface area contributed by atoms with Gasteiger partial charge in [0.1, 0.15) is 0 Å². The lowest BCUT2D eigenvalue weighted by Gasteiger charge is -2.19. The van der Waals surface area contributed by atoms with Gasteiger partial charge in [0.05, 0.1) is 11.7 Å². The second-order valence-electron chi connectivity index (χ2n) is 6.08. The molecule has 18 heavy (non-hydrogen) atoms. The molecule has 4 nitrogen and oxygen atoms in total. The van der Waals surface area contributed by atoms with Gasteiger partial charge >= 0.3 is 0 Å². The number of aromatic nitrogens is 2. The molecule has 1 atom stereocenters. The zero-order chi connectivity index (χ0) is 12.7. The monoisotopic (exact) mass is 248 g/mol. The van der Waals surface area contributed by atoms with Crippen LogP contribution < -0.4 is 5.32 Å². The topological polar surface area (TPSA) is 33.1 Å². The van der Waals surface area contributed by atoms with E-state index in [0.717, 1.165) is 17.7 Å². The normalized spacial score (nSPS) is 25.0. The average Bonchev–Trinajstić information content (AvgIpc) is 2.92. The summed E-state index contributed by atoms with van der Waals surface area (Å²) in [7, 11) is 0. The highest BCUT2D eigenvalue weighted by molar-refractivity contribution is 5.31. The Balaban J connectivity index is 1.74. The van der Waals surface area contributed by atoms with Gasteiger partial charge in [-0.1, -0.05) is 0 Å². The third-order valence-electron chi connectivity index (χ3n) is 3.92. The zero-order valence-electron chi connectivity index (χ0n) is 11.7. The van der Waals surface area contributed by atoms with Crippen molar-refractivity contribution in [1.82, 2.24) is 14.5 Å². The van der Waals surface area contributed by atoms with E-state index in [-0.39, 0.29) is 0 Å². The summed E-state index contributed by atoms with van der Waals surface area (Å²) in [5, 5.41) is 3.46. The summed E-state index contributed by atoms with van der Waals surface area (Å²) in [4.78, 5) is 7.27. The van der Waals surface area contributed by atoms with Crippen molar-refractivity contribution in [2.45, 2.75) is 58.2 Å². The third kappa shape index (κ3) is 2.39. The van der Waals surface area contributed by atoms with Crippen molar-refractivity contribution in [1.29, 1.82) is 0 Å². The van der Waals surface area contributed by atoms with Crippen LogP contribution in [0.15, 0.2) is 6.20 Å². The number of anilines is 1. The van der Waals surface area contributed by atoms with Crippen LogP contribution >= 0.6 is 0 Å². The molecular weight excluding hydrogens is 224 g/mol. The largest absolute Gasteiger partial charge is 0.353 e. The van der Waals surface area contributed by atoms with E-state index in [9.17, 15) is 0 Å². The summed E-state index contributed by atoms with van der Waals surface area (Å²) >= 11 is 0. The van der Waals surface area contributed by atoms with Crippen LogP contribution in [-0.4, -0.2) is 39.6 Å². The summed E-state index contributed by atoms with van der Waals surface area (Å²) < 4.78 is 2.36. The van der Waals surface area contributed by atoms with Gasteiger partial charge in [0, 0.05) is 31.4 Å². The number of aryl methyl sites for hydroxylation is 1. The standard InChI is InChI=1S/C14H24N4/c1-10(2)15-14-16-11(3)8-18(14)13-6-7-17(9-13)12-4-5-12/h8,10,12-13H,4-7,9H2,1-3H3,(H,15,16). The number of nitrogens with one attached hydrogen (secondary N) is 1. The minimum Gasteiger partial charge on any atom is -0.353 e. The first-order valence-corrected chi connectivity index (χ1v) is 7.19. The highest BCUT2D eigenvalue weighted by atomic mass is 15.3. The molecule has 1 aliphatic carbocycles. The maximum atomic E-state index is 4.61. The number of likely N-dealkylation sites (tertiary alicyclic amines) is 1. The predicted octanol–water partition coefficient (Wildman–Crippen LogP) is 2.42. The Morgan fingerprint density at radius 3 is 2.72 bits per heavy atom. The predicted molar refractivity (Wildman–Crippen MR) is 74.0 cm³/mol. The molecule has 2 fully saturated rings. The lowest BCUT2D eigenvalue weighted by Crippen LogP contribution is -2.24. The van der Waals surface area contributed by atoms with E-state index in [1.807, 2.05) is 0 Å². The number of hydrogen-bond acceptors (Lipinski definition) is 3. The highest BCUT2D eigenvalue weighted by Crippen LogP contribution is 2.34. The van der Waals surface area contributed by atoms with E-state index in [1.54, 1.807) is 0 Å². The first-order chi connectivity index (χ1) is 8.63. The van der Waals surface area contributed by atoms with Gasteiger partial charge in [-0.3, -0.25) is 4.90 Å². The van der Waals surface area contributed by atoms with E-state index in [2.05, 4.69) is 46.7 Å². The van der Waals surface area contributed by atoms with E-state index >= 15 is 0 Å². The fourth-order valence-electron chi connectivity index (χ4n) is 2.93. The van der Waals surface area contributed by atoms with Gasteiger partial charge < -0.3 is 9.88 Å². The van der Waals surface area contributed by atoms with Crippen molar-refractivity contribution in [3.8, 4) is 0 Å². The molecule has 0 spiro atoms. The van der Waals surface area contributed by atoms with Gasteiger partial charge in [0.2, 0.25) is 5.95 Å². The van der Waals surface area contributed by atoms with Gasteiger partial charge in [-0.25, -0.2) is 4.98 Å².